The molecule has 0 aliphatic heterocycles. The molecule has 1 heterocycles. The number of ether oxygens (including phenoxy) is 1. The molecule has 5 heteroatoms. The van der Waals surface area contributed by atoms with E-state index in [1.807, 2.05) is 25.3 Å². The van der Waals surface area contributed by atoms with E-state index < -0.39 is 0 Å². The number of benzene rings is 1. The van der Waals surface area contributed by atoms with Crippen LogP contribution in [-0.4, -0.2) is 29.1 Å². The Morgan fingerprint density at radius 1 is 1.36 bits per heavy atom. The Kier molecular flexibility index (Phi) is 3.74. The van der Waals surface area contributed by atoms with E-state index in [4.69, 9.17) is 4.74 Å². The van der Waals surface area contributed by atoms with Gasteiger partial charge < -0.3 is 4.74 Å². The van der Waals surface area contributed by atoms with Crippen molar-refractivity contribution >= 4 is 11.8 Å². The van der Waals surface area contributed by atoms with Crippen molar-refractivity contribution in [1.29, 1.82) is 0 Å². The lowest BCUT2D eigenvalue weighted by molar-refractivity contribution is -0.128. The molecular formula is C20H22N2O3. The third-order valence-electron chi connectivity index (χ3n) is 6.18. The Morgan fingerprint density at radius 3 is 3.00 bits per heavy atom. The predicted octanol–water partition coefficient (Wildman–Crippen LogP) is 3.04. The van der Waals surface area contributed by atoms with Gasteiger partial charge in [-0.25, -0.2) is 4.79 Å². The van der Waals surface area contributed by atoms with Crippen LogP contribution in [0.15, 0.2) is 30.5 Å². The molecule has 4 rings (SSSR count). The van der Waals surface area contributed by atoms with Gasteiger partial charge in [-0.1, -0.05) is 19.1 Å². The maximum Gasteiger partial charge on any atom is 0.337 e. The first kappa shape index (κ1) is 16.1. The average Bonchev–Trinajstić information content (AvgIpc) is 3.13. The van der Waals surface area contributed by atoms with Crippen LogP contribution in [0.1, 0.15) is 53.4 Å². The zero-order valence-electron chi connectivity index (χ0n) is 14.5. The van der Waals surface area contributed by atoms with Gasteiger partial charge in [-0.3, -0.25) is 9.89 Å². The Morgan fingerprint density at radius 2 is 2.20 bits per heavy atom. The number of aromatic amines is 1. The van der Waals surface area contributed by atoms with Gasteiger partial charge in [-0.05, 0) is 48.4 Å². The van der Waals surface area contributed by atoms with Crippen molar-refractivity contribution in [2.24, 2.45) is 11.8 Å². The number of carbonyl (C=O) groups is 2. The molecule has 130 valence electrons. The molecule has 25 heavy (non-hydrogen) atoms. The van der Waals surface area contributed by atoms with Crippen LogP contribution >= 0.6 is 0 Å². The van der Waals surface area contributed by atoms with Crippen LogP contribution in [0.2, 0.25) is 0 Å². The lowest BCUT2D eigenvalue weighted by Gasteiger charge is -2.49. The summed E-state index contributed by atoms with van der Waals surface area (Å²) < 4.78 is 4.89. The normalized spacial score (nSPS) is 28.2. The Labute approximate surface area is 146 Å². The van der Waals surface area contributed by atoms with Crippen molar-refractivity contribution < 1.29 is 14.3 Å². The Hall–Kier alpha value is -2.43. The SMILES string of the molecule is COC(=O)c1cccc([C@@]23CCC(=O)[C@@H](C)[C@H]2CCc2c[nH]nc23)c1. The van der Waals surface area contributed by atoms with E-state index in [0.717, 1.165) is 30.5 Å². The highest BCUT2D eigenvalue weighted by Crippen LogP contribution is 2.54. The van der Waals surface area contributed by atoms with Gasteiger partial charge in [0.1, 0.15) is 5.78 Å². The van der Waals surface area contributed by atoms with E-state index in [9.17, 15) is 9.59 Å². The van der Waals surface area contributed by atoms with Crippen LogP contribution in [0.25, 0.3) is 0 Å². The van der Waals surface area contributed by atoms with E-state index in [1.165, 1.54) is 12.7 Å². The number of aromatic nitrogens is 2. The molecule has 0 saturated heterocycles. The molecule has 0 radical (unpaired) electrons. The van der Waals surface area contributed by atoms with E-state index >= 15 is 0 Å². The predicted molar refractivity (Wildman–Crippen MR) is 92.4 cm³/mol. The second-order valence-corrected chi connectivity index (χ2v) is 7.20. The van der Waals surface area contributed by atoms with Crippen molar-refractivity contribution in [2.45, 2.75) is 38.0 Å². The van der Waals surface area contributed by atoms with Crippen LogP contribution in [-0.2, 0) is 21.4 Å². The maximum absolute atomic E-state index is 12.4. The van der Waals surface area contributed by atoms with Crippen LogP contribution in [0.5, 0.6) is 0 Å². The summed E-state index contributed by atoms with van der Waals surface area (Å²) in [5.74, 6) is 0.203. The first-order valence-corrected chi connectivity index (χ1v) is 8.82. The fourth-order valence-electron chi connectivity index (χ4n) is 4.91. The highest BCUT2D eigenvalue weighted by molar-refractivity contribution is 5.89. The number of Topliss-reactive ketones (excluding diaryl/α,β-unsaturated/α-hetero) is 1. The summed E-state index contributed by atoms with van der Waals surface area (Å²) in [7, 11) is 1.39. The molecule has 2 aromatic rings. The molecule has 0 amide bonds. The molecular weight excluding hydrogens is 316 g/mol. The van der Waals surface area contributed by atoms with Gasteiger partial charge in [-0.15, -0.1) is 0 Å². The molecule has 1 saturated carbocycles. The van der Waals surface area contributed by atoms with E-state index in [-0.39, 0.29) is 23.2 Å². The van der Waals surface area contributed by atoms with Crippen molar-refractivity contribution in [3.05, 3.63) is 52.8 Å². The monoisotopic (exact) mass is 338 g/mol. The molecule has 1 N–H and O–H groups in total. The minimum absolute atomic E-state index is 0.000354. The third kappa shape index (κ3) is 2.25. The highest BCUT2D eigenvalue weighted by Gasteiger charge is 2.53. The highest BCUT2D eigenvalue weighted by atomic mass is 16.5. The number of aryl methyl sites for hydroxylation is 1. The summed E-state index contributed by atoms with van der Waals surface area (Å²) >= 11 is 0. The molecule has 5 nitrogen and oxygen atoms in total. The first-order chi connectivity index (χ1) is 12.1. The maximum atomic E-state index is 12.4. The third-order valence-corrected chi connectivity index (χ3v) is 6.18. The molecule has 0 bridgehead atoms. The molecule has 2 aliphatic rings. The van der Waals surface area contributed by atoms with Crippen molar-refractivity contribution in [1.82, 2.24) is 10.2 Å². The summed E-state index contributed by atoms with van der Waals surface area (Å²) in [5.41, 5.74) is 3.56. The van der Waals surface area contributed by atoms with Crippen LogP contribution in [0.4, 0.5) is 0 Å². The smallest absolute Gasteiger partial charge is 0.337 e. The topological polar surface area (TPSA) is 72.1 Å². The fraction of sp³-hybridized carbons (Fsp3) is 0.450. The zero-order chi connectivity index (χ0) is 17.6. The number of hydrogen-bond acceptors (Lipinski definition) is 4. The summed E-state index contributed by atoms with van der Waals surface area (Å²) in [4.78, 5) is 24.4. The number of fused-ring (bicyclic) bond motifs is 3. The van der Waals surface area contributed by atoms with Crippen molar-refractivity contribution in [3.63, 3.8) is 0 Å². The van der Waals surface area contributed by atoms with Crippen LogP contribution in [0.3, 0.4) is 0 Å². The van der Waals surface area contributed by atoms with Gasteiger partial charge in [0.05, 0.1) is 18.4 Å². The number of hydrogen-bond donors (Lipinski definition) is 1. The van der Waals surface area contributed by atoms with Gasteiger partial charge >= 0.3 is 5.97 Å². The number of ketones is 1. The summed E-state index contributed by atoms with van der Waals surface area (Å²) in [5, 5.41) is 7.61. The molecule has 0 unspecified atom stereocenters. The van der Waals surface area contributed by atoms with Crippen molar-refractivity contribution in [3.8, 4) is 0 Å². The number of nitrogens with one attached hydrogen (secondary N) is 1. The Balaban J connectivity index is 1.92. The van der Waals surface area contributed by atoms with E-state index in [0.29, 0.717) is 17.8 Å². The van der Waals surface area contributed by atoms with Gasteiger partial charge in [0, 0.05) is 24.0 Å². The minimum atomic E-state index is -0.340. The largest absolute Gasteiger partial charge is 0.465 e. The minimum Gasteiger partial charge on any atom is -0.465 e. The average molecular weight is 338 g/mol. The van der Waals surface area contributed by atoms with Crippen LogP contribution in [0, 0.1) is 11.8 Å². The Bertz CT molecular complexity index is 841. The fourth-order valence-corrected chi connectivity index (χ4v) is 4.91. The lowest BCUT2D eigenvalue weighted by atomic mass is 9.53. The summed E-state index contributed by atoms with van der Waals surface area (Å²) in [6, 6.07) is 7.65. The van der Waals surface area contributed by atoms with Gasteiger partial charge in [-0.2, -0.15) is 5.10 Å². The number of esters is 1. The lowest BCUT2D eigenvalue weighted by Crippen LogP contribution is -2.49. The zero-order valence-corrected chi connectivity index (χ0v) is 14.5. The van der Waals surface area contributed by atoms with Gasteiger partial charge in [0.15, 0.2) is 0 Å². The molecule has 1 fully saturated rings. The van der Waals surface area contributed by atoms with E-state index in [1.54, 1.807) is 6.07 Å². The number of nitrogens with zero attached hydrogens (tertiary/aromatic N) is 1. The van der Waals surface area contributed by atoms with Gasteiger partial charge in [0.2, 0.25) is 0 Å². The van der Waals surface area contributed by atoms with Gasteiger partial charge in [0.25, 0.3) is 0 Å². The molecule has 3 atom stereocenters. The second kappa shape index (κ2) is 5.83. The quantitative estimate of drug-likeness (QED) is 0.854. The summed E-state index contributed by atoms with van der Waals surface area (Å²) in [6.45, 7) is 2.04. The summed E-state index contributed by atoms with van der Waals surface area (Å²) in [6.07, 6.45) is 5.16. The molecule has 2 aliphatic carbocycles. The van der Waals surface area contributed by atoms with E-state index in [2.05, 4.69) is 16.3 Å². The van der Waals surface area contributed by atoms with Crippen LogP contribution < -0.4 is 0 Å². The molecule has 1 aromatic heterocycles. The standard InChI is InChI=1S/C20H22N2O3/c1-12-16-7-6-14-11-21-22-18(14)20(16,9-8-17(12)23)15-5-3-4-13(10-15)19(24)25-2/h3-5,10-12,16H,6-9H2,1-2H3,(H,21,22)/t12-,16+,20-/m0/s1. The molecule has 1 aromatic carbocycles. The second-order valence-electron chi connectivity index (χ2n) is 7.20. The number of carbonyl (C=O) groups excluding carboxylic acids is 2. The number of H-pyrrole nitrogens is 1. The molecule has 0 spiro atoms. The number of rotatable bonds is 2. The number of methoxy groups -OCH3 is 1. The first-order valence-electron chi connectivity index (χ1n) is 8.82. The van der Waals surface area contributed by atoms with Crippen molar-refractivity contribution in [2.75, 3.05) is 7.11 Å².